The van der Waals surface area contributed by atoms with Crippen molar-refractivity contribution in [3.05, 3.63) is 35.6 Å². The van der Waals surface area contributed by atoms with Gasteiger partial charge in [0.1, 0.15) is 11.4 Å². The highest BCUT2D eigenvalue weighted by molar-refractivity contribution is 5.79. The Hall–Kier alpha value is -1.93. The Kier molecular flexibility index (Phi) is 5.51. The van der Waals surface area contributed by atoms with Crippen LogP contribution in [0.5, 0.6) is 0 Å². The molecule has 4 nitrogen and oxygen atoms in total. The van der Waals surface area contributed by atoms with Gasteiger partial charge in [-0.25, -0.2) is 4.39 Å². The zero-order chi connectivity index (χ0) is 16.0. The number of nitrogens with zero attached hydrogens (tertiary/aromatic N) is 2. The Balaban J connectivity index is 1.88. The summed E-state index contributed by atoms with van der Waals surface area (Å²) in [6, 6.07) is 8.81. The largest absolute Gasteiger partial charge is 0.337 e. The number of nitrogens with one attached hydrogen (secondary N) is 1. The first-order valence-corrected chi connectivity index (χ1v) is 7.69. The molecule has 2 rings (SSSR count). The fourth-order valence-corrected chi connectivity index (χ4v) is 2.94. The fourth-order valence-electron chi connectivity index (χ4n) is 2.94. The van der Waals surface area contributed by atoms with E-state index in [4.69, 9.17) is 0 Å². The molecule has 0 heterocycles. The van der Waals surface area contributed by atoms with E-state index in [9.17, 15) is 14.4 Å². The van der Waals surface area contributed by atoms with Crippen molar-refractivity contribution >= 4 is 5.91 Å². The molecule has 1 aromatic carbocycles. The van der Waals surface area contributed by atoms with E-state index in [1.165, 1.54) is 6.07 Å². The fraction of sp³-hybridized carbons (Fsp3) is 0.529. The molecule has 1 aliphatic carbocycles. The lowest BCUT2D eigenvalue weighted by Crippen LogP contribution is -2.51. The van der Waals surface area contributed by atoms with Gasteiger partial charge in [-0.15, -0.1) is 0 Å². The van der Waals surface area contributed by atoms with Crippen LogP contribution in [-0.4, -0.2) is 29.9 Å². The van der Waals surface area contributed by atoms with E-state index in [1.54, 1.807) is 30.1 Å². The van der Waals surface area contributed by atoms with E-state index in [2.05, 4.69) is 11.4 Å². The second-order valence-electron chi connectivity index (χ2n) is 6.07. The third kappa shape index (κ3) is 4.28. The number of benzene rings is 1. The molecule has 1 saturated carbocycles. The summed E-state index contributed by atoms with van der Waals surface area (Å²) < 4.78 is 13.6. The molecule has 1 aliphatic rings. The van der Waals surface area contributed by atoms with Crippen molar-refractivity contribution in [3.8, 4) is 6.07 Å². The number of rotatable bonds is 5. The minimum atomic E-state index is -0.714. The normalized spacial score (nSPS) is 17.0. The van der Waals surface area contributed by atoms with Crippen LogP contribution in [0.15, 0.2) is 24.3 Å². The predicted molar refractivity (Wildman–Crippen MR) is 82.3 cm³/mol. The Morgan fingerprint density at radius 3 is 2.68 bits per heavy atom. The molecule has 0 spiro atoms. The minimum absolute atomic E-state index is 0.151. The van der Waals surface area contributed by atoms with Crippen LogP contribution in [0.4, 0.5) is 4.39 Å². The molecule has 1 N–H and O–H groups in total. The smallest absolute Gasteiger partial charge is 0.235 e. The molecule has 0 unspecified atom stereocenters. The van der Waals surface area contributed by atoms with E-state index in [1.807, 2.05) is 0 Å². The summed E-state index contributed by atoms with van der Waals surface area (Å²) in [6.45, 7) is 0.511. The molecular formula is C17H22FN3O. The average molecular weight is 303 g/mol. The summed E-state index contributed by atoms with van der Waals surface area (Å²) in [4.78, 5) is 13.9. The predicted octanol–water partition coefficient (Wildman–Crippen LogP) is 2.60. The number of carbonyl (C=O) groups excluding carboxylic acids is 1. The molecule has 0 aliphatic heterocycles. The highest BCUT2D eigenvalue weighted by atomic mass is 19.1. The van der Waals surface area contributed by atoms with Gasteiger partial charge >= 0.3 is 0 Å². The molecule has 0 saturated heterocycles. The van der Waals surface area contributed by atoms with E-state index >= 15 is 0 Å². The van der Waals surface area contributed by atoms with Crippen molar-refractivity contribution < 1.29 is 9.18 Å². The highest BCUT2D eigenvalue weighted by Crippen LogP contribution is 2.27. The molecule has 118 valence electrons. The highest BCUT2D eigenvalue weighted by Gasteiger charge is 2.33. The van der Waals surface area contributed by atoms with Gasteiger partial charge in [-0.3, -0.25) is 9.69 Å². The zero-order valence-electron chi connectivity index (χ0n) is 12.9. The molecule has 0 bridgehead atoms. The van der Waals surface area contributed by atoms with Crippen LogP contribution in [-0.2, 0) is 11.3 Å². The number of amides is 1. The summed E-state index contributed by atoms with van der Waals surface area (Å²) in [7, 11) is 1.77. The Morgan fingerprint density at radius 1 is 1.36 bits per heavy atom. The molecule has 1 amide bonds. The van der Waals surface area contributed by atoms with Crippen molar-refractivity contribution in [1.29, 1.82) is 5.26 Å². The van der Waals surface area contributed by atoms with E-state index in [0.29, 0.717) is 24.9 Å². The SMILES string of the molecule is CN(CC(=O)NC1(C#N)CCCCC1)Cc1ccccc1F. The molecule has 5 heteroatoms. The van der Waals surface area contributed by atoms with Crippen molar-refractivity contribution in [1.82, 2.24) is 10.2 Å². The quantitative estimate of drug-likeness (QED) is 0.909. The van der Waals surface area contributed by atoms with Gasteiger partial charge in [0.15, 0.2) is 0 Å². The topological polar surface area (TPSA) is 56.1 Å². The summed E-state index contributed by atoms with van der Waals surface area (Å²) in [5.74, 6) is -0.446. The summed E-state index contributed by atoms with van der Waals surface area (Å²) in [5.41, 5.74) is -0.154. The number of hydrogen-bond acceptors (Lipinski definition) is 3. The van der Waals surface area contributed by atoms with Crippen LogP contribution in [0.1, 0.15) is 37.7 Å². The molecule has 22 heavy (non-hydrogen) atoms. The second kappa shape index (κ2) is 7.37. The third-order valence-corrected chi connectivity index (χ3v) is 4.11. The molecule has 0 radical (unpaired) electrons. The monoisotopic (exact) mass is 303 g/mol. The number of halogens is 1. The van der Waals surface area contributed by atoms with E-state index in [0.717, 1.165) is 19.3 Å². The number of hydrogen-bond donors (Lipinski definition) is 1. The third-order valence-electron chi connectivity index (χ3n) is 4.11. The lowest BCUT2D eigenvalue weighted by atomic mass is 9.83. The van der Waals surface area contributed by atoms with Gasteiger partial charge < -0.3 is 5.32 Å². The van der Waals surface area contributed by atoms with E-state index < -0.39 is 5.54 Å². The lowest BCUT2D eigenvalue weighted by molar-refractivity contribution is -0.123. The van der Waals surface area contributed by atoms with Gasteiger partial charge in [-0.1, -0.05) is 37.5 Å². The van der Waals surface area contributed by atoms with Crippen LogP contribution >= 0.6 is 0 Å². The van der Waals surface area contributed by atoms with Gasteiger partial charge in [-0.2, -0.15) is 5.26 Å². The molecule has 1 aromatic rings. The van der Waals surface area contributed by atoms with Crippen LogP contribution in [0.3, 0.4) is 0 Å². The Morgan fingerprint density at radius 2 is 2.05 bits per heavy atom. The maximum atomic E-state index is 13.6. The van der Waals surface area contributed by atoms with Gasteiger partial charge in [0.25, 0.3) is 0 Å². The zero-order valence-corrected chi connectivity index (χ0v) is 12.9. The van der Waals surface area contributed by atoms with Gasteiger partial charge in [0.05, 0.1) is 12.6 Å². The maximum Gasteiger partial charge on any atom is 0.235 e. The first-order valence-electron chi connectivity index (χ1n) is 7.69. The van der Waals surface area contributed by atoms with Gasteiger partial charge in [0, 0.05) is 12.1 Å². The van der Waals surface area contributed by atoms with Crippen LogP contribution in [0, 0.1) is 17.1 Å². The van der Waals surface area contributed by atoms with Crippen molar-refractivity contribution in [2.75, 3.05) is 13.6 Å². The Bertz CT molecular complexity index is 561. The maximum absolute atomic E-state index is 13.6. The Labute approximate surface area is 130 Å². The number of nitriles is 1. The standard InChI is InChI=1S/C17H22FN3O/c1-21(11-14-7-3-4-8-15(14)18)12-16(22)20-17(13-19)9-5-2-6-10-17/h3-4,7-8H,2,5-6,9-12H2,1H3,(H,20,22). The molecule has 0 aromatic heterocycles. The summed E-state index contributed by atoms with van der Waals surface area (Å²) >= 11 is 0. The van der Waals surface area contributed by atoms with E-state index in [-0.39, 0.29) is 18.3 Å². The van der Waals surface area contributed by atoms with Gasteiger partial charge in [0.2, 0.25) is 5.91 Å². The van der Waals surface area contributed by atoms with Crippen molar-refractivity contribution in [2.24, 2.45) is 0 Å². The van der Waals surface area contributed by atoms with Crippen molar-refractivity contribution in [2.45, 2.75) is 44.2 Å². The summed E-state index contributed by atoms with van der Waals surface area (Å²) in [5, 5.41) is 12.2. The van der Waals surface area contributed by atoms with Crippen LogP contribution in [0.2, 0.25) is 0 Å². The first kappa shape index (κ1) is 16.4. The first-order chi connectivity index (χ1) is 10.5. The molecular weight excluding hydrogens is 281 g/mol. The summed E-state index contributed by atoms with van der Waals surface area (Å²) in [6.07, 6.45) is 4.49. The second-order valence-corrected chi connectivity index (χ2v) is 6.07. The minimum Gasteiger partial charge on any atom is -0.337 e. The van der Waals surface area contributed by atoms with Gasteiger partial charge in [-0.05, 0) is 26.0 Å². The number of carbonyl (C=O) groups is 1. The molecule has 1 fully saturated rings. The van der Waals surface area contributed by atoms with Crippen LogP contribution < -0.4 is 5.32 Å². The van der Waals surface area contributed by atoms with Crippen molar-refractivity contribution in [3.63, 3.8) is 0 Å². The number of likely N-dealkylation sites (N-methyl/N-ethyl adjacent to an activating group) is 1. The lowest BCUT2D eigenvalue weighted by Gasteiger charge is -2.32. The van der Waals surface area contributed by atoms with Crippen LogP contribution in [0.25, 0.3) is 0 Å². The average Bonchev–Trinajstić information content (AvgIpc) is 2.50. The molecule has 0 atom stereocenters.